The van der Waals surface area contributed by atoms with Crippen molar-refractivity contribution in [2.24, 2.45) is 10.9 Å². The number of rotatable bonds is 7. The van der Waals surface area contributed by atoms with Crippen molar-refractivity contribution in [3.63, 3.8) is 0 Å². The molecule has 0 aliphatic heterocycles. The second-order valence-corrected chi connectivity index (χ2v) is 4.70. The number of nitrogens with two attached hydrogens (primary N) is 1. The summed E-state index contributed by atoms with van der Waals surface area (Å²) < 4.78 is 0. The average molecular weight is 286 g/mol. The third-order valence-corrected chi connectivity index (χ3v) is 3.36. The number of halogens is 1. The van der Waals surface area contributed by atoms with Gasteiger partial charge in [0.05, 0.1) is 0 Å². The van der Waals surface area contributed by atoms with Crippen LogP contribution < -0.4 is 11.1 Å². The van der Waals surface area contributed by atoms with Crippen LogP contribution in [0.2, 0.25) is 5.02 Å². The summed E-state index contributed by atoms with van der Waals surface area (Å²) in [4.78, 5) is 0. The molecule has 0 bridgehead atoms. The van der Waals surface area contributed by atoms with E-state index in [0.29, 0.717) is 17.1 Å². The Bertz CT molecular complexity index is 438. The first-order chi connectivity index (χ1) is 9.12. The molecule has 106 valence electrons. The number of oxime groups is 1. The lowest BCUT2D eigenvalue weighted by molar-refractivity contribution is 0.262. The van der Waals surface area contributed by atoms with Gasteiger partial charge in [-0.2, -0.15) is 0 Å². The molecule has 0 radical (unpaired) electrons. The summed E-state index contributed by atoms with van der Waals surface area (Å²) >= 11 is 6.15. The molecule has 1 rings (SSSR count). The summed E-state index contributed by atoms with van der Waals surface area (Å²) in [6, 6.07) is 5.53. The molecule has 0 aliphatic carbocycles. The first kappa shape index (κ1) is 15.8. The van der Waals surface area contributed by atoms with Gasteiger partial charge in [0, 0.05) is 29.8 Å². The molecule has 0 aliphatic rings. The number of nitrogens with zero attached hydrogens (tertiary/aromatic N) is 1. The molecule has 19 heavy (non-hydrogen) atoms. The van der Waals surface area contributed by atoms with Crippen molar-refractivity contribution in [3.8, 4) is 0 Å². The normalized spacial score (nSPS) is 13.5. The van der Waals surface area contributed by atoms with E-state index < -0.39 is 0 Å². The smallest absolute Gasteiger partial charge is 0.170 e. The molecule has 6 heteroatoms. The van der Waals surface area contributed by atoms with Crippen LogP contribution in [0.25, 0.3) is 0 Å². The van der Waals surface area contributed by atoms with Crippen LogP contribution in [0.3, 0.4) is 0 Å². The topological polar surface area (TPSA) is 90.9 Å². The summed E-state index contributed by atoms with van der Waals surface area (Å²) in [6.07, 6.45) is 1.66. The van der Waals surface area contributed by atoms with E-state index >= 15 is 0 Å². The number of hydrogen-bond acceptors (Lipinski definition) is 4. The van der Waals surface area contributed by atoms with Crippen LogP contribution in [0.4, 0.5) is 0 Å². The summed E-state index contributed by atoms with van der Waals surface area (Å²) in [7, 11) is 0. The number of nitrogens with one attached hydrogen (secondary N) is 1. The zero-order valence-corrected chi connectivity index (χ0v) is 11.7. The van der Waals surface area contributed by atoms with Gasteiger partial charge in [-0.15, -0.1) is 0 Å². The second-order valence-electron chi connectivity index (χ2n) is 4.29. The molecule has 5 nitrogen and oxygen atoms in total. The number of aliphatic hydroxyl groups is 1. The highest BCUT2D eigenvalue weighted by molar-refractivity contribution is 6.31. The highest BCUT2D eigenvalue weighted by Gasteiger charge is 2.08. The number of benzene rings is 1. The predicted octanol–water partition coefficient (Wildman–Crippen LogP) is 1.69. The van der Waals surface area contributed by atoms with Gasteiger partial charge in [0.25, 0.3) is 0 Å². The molecule has 0 saturated heterocycles. The Kier molecular flexibility index (Phi) is 6.62. The molecular weight excluding hydrogens is 266 g/mol. The van der Waals surface area contributed by atoms with Gasteiger partial charge in [-0.05, 0) is 24.5 Å². The van der Waals surface area contributed by atoms with Gasteiger partial charge in [-0.1, -0.05) is 35.8 Å². The lowest BCUT2D eigenvalue weighted by Gasteiger charge is -2.16. The van der Waals surface area contributed by atoms with Crippen LogP contribution in [-0.2, 0) is 6.54 Å². The van der Waals surface area contributed by atoms with E-state index in [1.807, 2.05) is 6.07 Å². The van der Waals surface area contributed by atoms with E-state index in [0.717, 1.165) is 18.4 Å². The van der Waals surface area contributed by atoms with Gasteiger partial charge in [0.2, 0.25) is 0 Å². The maximum atomic E-state index is 8.93. The minimum atomic E-state index is 0.0353. The molecule has 1 aromatic carbocycles. The van der Waals surface area contributed by atoms with Gasteiger partial charge in [0.15, 0.2) is 5.84 Å². The Balaban J connectivity index is 2.70. The molecule has 0 aromatic heterocycles. The largest absolute Gasteiger partial charge is 0.409 e. The molecule has 5 N–H and O–H groups in total. The Morgan fingerprint density at radius 2 is 2.26 bits per heavy atom. The van der Waals surface area contributed by atoms with Gasteiger partial charge in [0.1, 0.15) is 0 Å². The Labute approximate surface area is 118 Å². The fourth-order valence-corrected chi connectivity index (χ4v) is 2.02. The zero-order chi connectivity index (χ0) is 14.3. The molecule has 1 aromatic rings. The van der Waals surface area contributed by atoms with Crippen LogP contribution in [0, 0.1) is 0 Å². The van der Waals surface area contributed by atoms with E-state index in [9.17, 15) is 0 Å². The van der Waals surface area contributed by atoms with Gasteiger partial charge >= 0.3 is 0 Å². The molecular formula is C13H20ClN3O2. The third-order valence-electron chi connectivity index (χ3n) is 3.01. The number of hydrogen-bond donors (Lipinski definition) is 4. The molecule has 0 spiro atoms. The molecule has 0 heterocycles. The maximum absolute atomic E-state index is 8.93. The van der Waals surface area contributed by atoms with Crippen molar-refractivity contribution in [1.82, 2.24) is 5.32 Å². The zero-order valence-electron chi connectivity index (χ0n) is 10.9. The summed E-state index contributed by atoms with van der Waals surface area (Å²) in [6.45, 7) is 2.85. The van der Waals surface area contributed by atoms with Gasteiger partial charge < -0.3 is 21.4 Å². The molecule has 0 amide bonds. The van der Waals surface area contributed by atoms with Crippen molar-refractivity contribution in [2.45, 2.75) is 32.4 Å². The first-order valence-electron chi connectivity index (χ1n) is 6.22. The van der Waals surface area contributed by atoms with Crippen LogP contribution in [0.5, 0.6) is 0 Å². The fourth-order valence-electron chi connectivity index (χ4n) is 1.77. The average Bonchev–Trinajstić information content (AvgIpc) is 2.43. The Morgan fingerprint density at radius 3 is 2.79 bits per heavy atom. The van der Waals surface area contributed by atoms with Crippen LogP contribution in [0.15, 0.2) is 23.4 Å². The Hall–Kier alpha value is -1.30. The molecule has 1 unspecified atom stereocenters. The van der Waals surface area contributed by atoms with Crippen LogP contribution in [-0.4, -0.2) is 28.8 Å². The van der Waals surface area contributed by atoms with Crippen molar-refractivity contribution in [2.75, 3.05) is 6.61 Å². The van der Waals surface area contributed by atoms with Crippen molar-refractivity contribution < 1.29 is 10.3 Å². The SMILES string of the molecule is CCC(CCO)NCc1ccc(/C(N)=N/O)cc1Cl. The van der Waals surface area contributed by atoms with E-state index in [-0.39, 0.29) is 18.5 Å². The van der Waals surface area contributed by atoms with Crippen molar-refractivity contribution >= 4 is 17.4 Å². The highest BCUT2D eigenvalue weighted by atomic mass is 35.5. The summed E-state index contributed by atoms with van der Waals surface area (Å²) in [5.41, 5.74) is 7.01. The number of aliphatic hydroxyl groups excluding tert-OH is 1. The Morgan fingerprint density at radius 1 is 1.53 bits per heavy atom. The molecule has 0 saturated carbocycles. The lowest BCUT2D eigenvalue weighted by Crippen LogP contribution is -2.29. The van der Waals surface area contributed by atoms with E-state index in [4.69, 9.17) is 27.6 Å². The molecule has 0 fully saturated rings. The van der Waals surface area contributed by atoms with Crippen LogP contribution in [0.1, 0.15) is 30.9 Å². The van der Waals surface area contributed by atoms with Gasteiger partial charge in [-0.3, -0.25) is 0 Å². The summed E-state index contributed by atoms with van der Waals surface area (Å²) in [5, 5.41) is 24.4. The van der Waals surface area contributed by atoms with Crippen LogP contribution >= 0.6 is 11.6 Å². The lowest BCUT2D eigenvalue weighted by atomic mass is 10.1. The van der Waals surface area contributed by atoms with Gasteiger partial charge in [-0.25, -0.2) is 0 Å². The fraction of sp³-hybridized carbons (Fsp3) is 0.462. The van der Waals surface area contributed by atoms with E-state index in [1.54, 1.807) is 12.1 Å². The van der Waals surface area contributed by atoms with Crippen molar-refractivity contribution in [3.05, 3.63) is 34.3 Å². The standard InChI is InChI=1S/C13H20ClN3O2/c1-2-11(5-6-18)16-8-10-4-3-9(7-12(10)14)13(15)17-19/h3-4,7,11,16,18-19H,2,5-6,8H2,1H3,(H2,15,17). The summed E-state index contributed by atoms with van der Waals surface area (Å²) in [5.74, 6) is 0.0353. The van der Waals surface area contributed by atoms with E-state index in [1.165, 1.54) is 0 Å². The second kappa shape index (κ2) is 7.99. The number of amidine groups is 1. The quantitative estimate of drug-likeness (QED) is 0.265. The first-order valence-corrected chi connectivity index (χ1v) is 6.60. The molecule has 1 atom stereocenters. The minimum absolute atomic E-state index is 0.0353. The predicted molar refractivity (Wildman–Crippen MR) is 76.6 cm³/mol. The third kappa shape index (κ3) is 4.70. The monoisotopic (exact) mass is 285 g/mol. The highest BCUT2D eigenvalue weighted by Crippen LogP contribution is 2.18. The minimum Gasteiger partial charge on any atom is -0.409 e. The van der Waals surface area contributed by atoms with E-state index in [2.05, 4.69) is 17.4 Å². The van der Waals surface area contributed by atoms with Crippen molar-refractivity contribution in [1.29, 1.82) is 0 Å². The maximum Gasteiger partial charge on any atom is 0.170 e.